The number of nitriles is 1. The smallest absolute Gasteiger partial charge is 0.353 e. The van der Waals surface area contributed by atoms with E-state index < -0.39 is 11.9 Å². The minimum absolute atomic E-state index is 0.132. The second kappa shape index (κ2) is 8.66. The minimum atomic E-state index is -0.697. The zero-order chi connectivity index (χ0) is 18.2. The Balaban J connectivity index is 2.25. The van der Waals surface area contributed by atoms with Gasteiger partial charge in [-0.3, -0.25) is 0 Å². The van der Waals surface area contributed by atoms with Crippen molar-refractivity contribution < 1.29 is 23.8 Å². The van der Waals surface area contributed by atoms with Crippen molar-refractivity contribution in [3.05, 3.63) is 51.7 Å². The molecule has 0 amide bonds. The van der Waals surface area contributed by atoms with Gasteiger partial charge in [0, 0.05) is 0 Å². The highest BCUT2D eigenvalue weighted by molar-refractivity contribution is 7.12. The van der Waals surface area contributed by atoms with Crippen molar-refractivity contribution >= 4 is 29.4 Å². The van der Waals surface area contributed by atoms with Crippen LogP contribution >= 0.6 is 11.3 Å². The van der Waals surface area contributed by atoms with E-state index in [4.69, 9.17) is 19.5 Å². The molecule has 0 saturated carbocycles. The molecule has 0 bridgehead atoms. The highest BCUT2D eigenvalue weighted by atomic mass is 32.1. The Kier molecular flexibility index (Phi) is 6.32. The lowest BCUT2D eigenvalue weighted by Gasteiger charge is -2.09. The van der Waals surface area contributed by atoms with Gasteiger partial charge < -0.3 is 14.2 Å². The van der Waals surface area contributed by atoms with E-state index in [1.54, 1.807) is 42.6 Å². The van der Waals surface area contributed by atoms with E-state index in [-0.39, 0.29) is 17.9 Å². The first-order valence-electron chi connectivity index (χ1n) is 7.31. The van der Waals surface area contributed by atoms with Gasteiger partial charge in [0.15, 0.2) is 11.5 Å². The third-order valence-electron chi connectivity index (χ3n) is 3.04. The highest BCUT2D eigenvalue weighted by Gasteiger charge is 2.15. The van der Waals surface area contributed by atoms with Gasteiger partial charge in [-0.25, -0.2) is 9.59 Å². The first kappa shape index (κ1) is 18.2. The number of carbonyl (C=O) groups excluding carboxylic acids is 2. The van der Waals surface area contributed by atoms with Gasteiger partial charge in [0.2, 0.25) is 0 Å². The molecule has 0 unspecified atom stereocenters. The zero-order valence-corrected chi connectivity index (χ0v) is 14.5. The van der Waals surface area contributed by atoms with Crippen LogP contribution in [0.5, 0.6) is 11.5 Å². The summed E-state index contributed by atoms with van der Waals surface area (Å²) >= 11 is 1.27. The van der Waals surface area contributed by atoms with Crippen molar-refractivity contribution in [2.45, 2.75) is 6.92 Å². The maximum Gasteiger partial charge on any atom is 0.353 e. The molecular weight excluding hydrogens is 342 g/mol. The monoisotopic (exact) mass is 357 g/mol. The maximum absolute atomic E-state index is 12.0. The Labute approximate surface area is 148 Å². The molecule has 25 heavy (non-hydrogen) atoms. The van der Waals surface area contributed by atoms with Crippen molar-refractivity contribution in [1.82, 2.24) is 0 Å². The molecule has 6 nitrogen and oxygen atoms in total. The van der Waals surface area contributed by atoms with E-state index in [0.29, 0.717) is 16.2 Å². The molecule has 0 radical (unpaired) electrons. The Bertz CT molecular complexity index is 834. The summed E-state index contributed by atoms with van der Waals surface area (Å²) in [6.07, 6.45) is 1.38. The summed E-state index contributed by atoms with van der Waals surface area (Å²) in [6, 6.07) is 9.93. The predicted molar refractivity (Wildman–Crippen MR) is 92.5 cm³/mol. The van der Waals surface area contributed by atoms with E-state index in [9.17, 15) is 9.59 Å². The summed E-state index contributed by atoms with van der Waals surface area (Å²) in [4.78, 5) is 24.2. The van der Waals surface area contributed by atoms with E-state index in [2.05, 4.69) is 0 Å². The van der Waals surface area contributed by atoms with Crippen LogP contribution < -0.4 is 9.47 Å². The van der Waals surface area contributed by atoms with Gasteiger partial charge in [-0.05, 0) is 42.1 Å². The van der Waals surface area contributed by atoms with Crippen LogP contribution in [0.4, 0.5) is 0 Å². The molecule has 0 saturated heterocycles. The summed E-state index contributed by atoms with van der Waals surface area (Å²) in [5.74, 6) is -0.634. The van der Waals surface area contributed by atoms with Crippen LogP contribution in [0.2, 0.25) is 0 Å². The molecule has 7 heteroatoms. The molecule has 0 aliphatic carbocycles. The van der Waals surface area contributed by atoms with Crippen molar-refractivity contribution in [1.29, 1.82) is 5.26 Å². The Hall–Kier alpha value is -3.11. The molecule has 0 fully saturated rings. The summed E-state index contributed by atoms with van der Waals surface area (Å²) in [5, 5.41) is 10.8. The Morgan fingerprint density at radius 2 is 2.08 bits per heavy atom. The molecule has 0 N–H and O–H groups in total. The first-order chi connectivity index (χ1) is 12.1. The summed E-state index contributed by atoms with van der Waals surface area (Å²) in [5.41, 5.74) is 0.407. The zero-order valence-electron chi connectivity index (χ0n) is 13.6. The quantitative estimate of drug-likeness (QED) is 0.341. The number of benzene rings is 1. The molecule has 2 aromatic rings. The molecule has 0 aliphatic rings. The standard InChI is InChI=1S/C18H15NO5S/c1-3-23-17(20)13(11-19)9-12-6-7-14(15(10-12)22-2)24-18(21)16-5-4-8-25-16/h4-10H,3H2,1-2H3. The number of hydrogen-bond acceptors (Lipinski definition) is 7. The van der Waals surface area contributed by atoms with Crippen molar-refractivity contribution in [2.75, 3.05) is 13.7 Å². The second-order valence-electron chi connectivity index (χ2n) is 4.67. The Morgan fingerprint density at radius 3 is 2.68 bits per heavy atom. The number of rotatable bonds is 6. The van der Waals surface area contributed by atoms with Crippen LogP contribution in [-0.4, -0.2) is 25.7 Å². The van der Waals surface area contributed by atoms with Gasteiger partial charge in [0.05, 0.1) is 13.7 Å². The van der Waals surface area contributed by atoms with Crippen molar-refractivity contribution in [3.8, 4) is 17.6 Å². The fraction of sp³-hybridized carbons (Fsp3) is 0.167. The molecule has 1 heterocycles. The molecule has 0 spiro atoms. The third kappa shape index (κ3) is 4.68. The largest absolute Gasteiger partial charge is 0.493 e. The third-order valence-corrected chi connectivity index (χ3v) is 3.89. The number of nitrogens with zero attached hydrogens (tertiary/aromatic N) is 1. The normalized spacial score (nSPS) is 10.7. The summed E-state index contributed by atoms with van der Waals surface area (Å²) in [6.45, 7) is 1.84. The predicted octanol–water partition coefficient (Wildman–Crippen LogP) is 3.45. The number of methoxy groups -OCH3 is 1. The molecule has 1 aromatic carbocycles. The molecule has 2 rings (SSSR count). The summed E-state index contributed by atoms with van der Waals surface area (Å²) in [7, 11) is 1.43. The topological polar surface area (TPSA) is 85.6 Å². The van der Waals surface area contributed by atoms with Gasteiger partial charge in [-0.1, -0.05) is 12.1 Å². The van der Waals surface area contributed by atoms with Crippen LogP contribution in [0.15, 0.2) is 41.3 Å². The minimum Gasteiger partial charge on any atom is -0.493 e. The van der Waals surface area contributed by atoms with Gasteiger partial charge in [-0.15, -0.1) is 11.3 Å². The molecular formula is C18H15NO5S. The number of carbonyl (C=O) groups is 2. The van der Waals surface area contributed by atoms with Crippen LogP contribution in [0.25, 0.3) is 6.08 Å². The number of esters is 2. The van der Waals surface area contributed by atoms with Gasteiger partial charge >= 0.3 is 11.9 Å². The average Bonchev–Trinajstić information content (AvgIpc) is 3.15. The van der Waals surface area contributed by atoms with Crippen LogP contribution in [-0.2, 0) is 9.53 Å². The molecule has 1 aromatic heterocycles. The van der Waals surface area contributed by atoms with Gasteiger partial charge in [0.1, 0.15) is 16.5 Å². The summed E-state index contributed by atoms with van der Waals surface area (Å²) < 4.78 is 15.4. The fourth-order valence-corrected chi connectivity index (χ4v) is 2.51. The SMILES string of the molecule is CCOC(=O)C(C#N)=Cc1ccc(OC(=O)c2cccs2)c(OC)c1. The van der Waals surface area contributed by atoms with E-state index in [1.165, 1.54) is 30.6 Å². The molecule has 128 valence electrons. The molecule has 0 atom stereocenters. The van der Waals surface area contributed by atoms with E-state index in [0.717, 1.165) is 0 Å². The van der Waals surface area contributed by atoms with Crippen LogP contribution in [0.3, 0.4) is 0 Å². The van der Waals surface area contributed by atoms with Gasteiger partial charge in [-0.2, -0.15) is 5.26 Å². The lowest BCUT2D eigenvalue weighted by Crippen LogP contribution is -2.07. The first-order valence-corrected chi connectivity index (χ1v) is 8.19. The van der Waals surface area contributed by atoms with Crippen LogP contribution in [0, 0.1) is 11.3 Å². The van der Waals surface area contributed by atoms with Gasteiger partial charge in [0.25, 0.3) is 0 Å². The Morgan fingerprint density at radius 1 is 1.28 bits per heavy atom. The van der Waals surface area contributed by atoms with Crippen molar-refractivity contribution in [2.24, 2.45) is 0 Å². The average molecular weight is 357 g/mol. The van der Waals surface area contributed by atoms with Crippen molar-refractivity contribution in [3.63, 3.8) is 0 Å². The highest BCUT2D eigenvalue weighted by Crippen LogP contribution is 2.30. The molecule has 0 aliphatic heterocycles. The second-order valence-corrected chi connectivity index (χ2v) is 5.62. The lowest BCUT2D eigenvalue weighted by atomic mass is 10.1. The number of thiophene rings is 1. The number of hydrogen-bond donors (Lipinski definition) is 0. The number of ether oxygens (including phenoxy) is 3. The van der Waals surface area contributed by atoms with Crippen LogP contribution in [0.1, 0.15) is 22.2 Å². The van der Waals surface area contributed by atoms with E-state index >= 15 is 0 Å². The maximum atomic E-state index is 12.0. The lowest BCUT2D eigenvalue weighted by molar-refractivity contribution is -0.137. The van der Waals surface area contributed by atoms with E-state index in [1.807, 2.05) is 0 Å². The fourth-order valence-electron chi connectivity index (χ4n) is 1.92.